The molecule has 0 aliphatic carbocycles. The second kappa shape index (κ2) is 5.02. The van der Waals surface area contributed by atoms with Crippen LogP contribution in [0.2, 0.25) is 0 Å². The number of amides is 1. The molecule has 1 amide bonds. The molecule has 0 saturated carbocycles. The molecule has 0 aliphatic heterocycles. The van der Waals surface area contributed by atoms with Crippen molar-refractivity contribution in [3.63, 3.8) is 0 Å². The third-order valence-electron chi connectivity index (χ3n) is 1.88. The van der Waals surface area contributed by atoms with E-state index in [1.54, 1.807) is 6.08 Å². The fraction of sp³-hybridized carbons (Fsp3) is 0.0833. The van der Waals surface area contributed by atoms with Gasteiger partial charge >= 0.3 is 0 Å². The number of carbonyl (C=O) groups is 1. The minimum atomic E-state index is -0.196. The summed E-state index contributed by atoms with van der Waals surface area (Å²) in [6, 6.07) is 9.50. The van der Waals surface area contributed by atoms with Gasteiger partial charge < -0.3 is 5.32 Å². The maximum absolute atomic E-state index is 11.1. The van der Waals surface area contributed by atoms with Crippen LogP contribution in [-0.4, -0.2) is 5.91 Å². The molecule has 2 nitrogen and oxygen atoms in total. The van der Waals surface area contributed by atoms with Crippen LogP contribution in [0.25, 0.3) is 0 Å². The van der Waals surface area contributed by atoms with Gasteiger partial charge in [0.2, 0.25) is 5.91 Å². The number of carbonyl (C=O) groups excluding carboxylic acids is 1. The van der Waals surface area contributed by atoms with E-state index in [0.29, 0.717) is 0 Å². The van der Waals surface area contributed by atoms with E-state index in [1.807, 2.05) is 30.3 Å². The van der Waals surface area contributed by atoms with Gasteiger partial charge in [-0.15, -0.1) is 6.58 Å². The molecule has 0 spiro atoms. The zero-order chi connectivity index (χ0) is 10.4. The average Bonchev–Trinajstić information content (AvgIpc) is 2.26. The Morgan fingerprint density at radius 3 is 2.43 bits per heavy atom. The summed E-state index contributed by atoms with van der Waals surface area (Å²) >= 11 is 0. The molecular weight excluding hydrogens is 174 g/mol. The molecule has 14 heavy (non-hydrogen) atoms. The first-order valence-corrected chi connectivity index (χ1v) is 4.38. The van der Waals surface area contributed by atoms with Gasteiger partial charge in [-0.3, -0.25) is 4.79 Å². The van der Waals surface area contributed by atoms with Crippen LogP contribution in [0.3, 0.4) is 0 Å². The van der Waals surface area contributed by atoms with Crippen LogP contribution in [0, 0.1) is 0 Å². The Morgan fingerprint density at radius 2 is 1.93 bits per heavy atom. The SMILES string of the molecule is C=CC(=O)NC(C=C)c1ccccc1. The van der Waals surface area contributed by atoms with Crippen molar-refractivity contribution < 1.29 is 4.79 Å². The Labute approximate surface area is 84.0 Å². The minimum Gasteiger partial charge on any atom is -0.342 e. The van der Waals surface area contributed by atoms with Gasteiger partial charge in [0.05, 0.1) is 6.04 Å². The van der Waals surface area contributed by atoms with Crippen molar-refractivity contribution in [2.45, 2.75) is 6.04 Å². The highest BCUT2D eigenvalue weighted by Gasteiger charge is 2.07. The van der Waals surface area contributed by atoms with E-state index in [-0.39, 0.29) is 11.9 Å². The van der Waals surface area contributed by atoms with Crippen molar-refractivity contribution in [1.29, 1.82) is 0 Å². The van der Waals surface area contributed by atoms with Crippen molar-refractivity contribution in [3.8, 4) is 0 Å². The predicted octanol–water partition coefficient (Wildman–Crippen LogP) is 2.22. The lowest BCUT2D eigenvalue weighted by molar-refractivity contribution is -0.116. The lowest BCUT2D eigenvalue weighted by Gasteiger charge is -2.13. The van der Waals surface area contributed by atoms with Crippen LogP contribution < -0.4 is 5.32 Å². The topological polar surface area (TPSA) is 29.1 Å². The van der Waals surface area contributed by atoms with Gasteiger partial charge in [-0.05, 0) is 11.6 Å². The normalized spacial score (nSPS) is 11.4. The molecule has 0 aliphatic rings. The van der Waals surface area contributed by atoms with Crippen molar-refractivity contribution in [3.05, 3.63) is 61.2 Å². The van der Waals surface area contributed by atoms with Gasteiger partial charge in [0.1, 0.15) is 0 Å². The molecule has 0 aromatic heterocycles. The molecule has 1 unspecified atom stereocenters. The van der Waals surface area contributed by atoms with Crippen LogP contribution in [-0.2, 0) is 4.79 Å². The number of rotatable bonds is 4. The second-order valence-corrected chi connectivity index (χ2v) is 2.84. The van der Waals surface area contributed by atoms with E-state index in [1.165, 1.54) is 6.08 Å². The maximum Gasteiger partial charge on any atom is 0.244 e. The van der Waals surface area contributed by atoms with Crippen LogP contribution in [0.5, 0.6) is 0 Å². The van der Waals surface area contributed by atoms with Gasteiger partial charge in [0.15, 0.2) is 0 Å². The Balaban J connectivity index is 2.77. The molecule has 0 heterocycles. The maximum atomic E-state index is 11.1. The summed E-state index contributed by atoms with van der Waals surface area (Å²) in [7, 11) is 0. The molecule has 1 aromatic rings. The zero-order valence-electron chi connectivity index (χ0n) is 7.94. The first-order chi connectivity index (χ1) is 6.77. The van der Waals surface area contributed by atoms with Gasteiger partial charge in [-0.2, -0.15) is 0 Å². The van der Waals surface area contributed by atoms with Crippen molar-refractivity contribution in [2.24, 2.45) is 0 Å². The zero-order valence-corrected chi connectivity index (χ0v) is 7.94. The molecule has 1 atom stereocenters. The molecule has 0 radical (unpaired) electrons. The van der Waals surface area contributed by atoms with Crippen LogP contribution in [0.1, 0.15) is 11.6 Å². The molecule has 0 bridgehead atoms. The van der Waals surface area contributed by atoms with Gasteiger partial charge in [-0.25, -0.2) is 0 Å². The number of hydrogen-bond acceptors (Lipinski definition) is 1. The summed E-state index contributed by atoms with van der Waals surface area (Å²) in [5.74, 6) is -0.196. The summed E-state index contributed by atoms with van der Waals surface area (Å²) < 4.78 is 0. The minimum absolute atomic E-state index is 0.151. The Bertz CT molecular complexity index is 329. The first-order valence-electron chi connectivity index (χ1n) is 4.38. The molecule has 1 N–H and O–H groups in total. The van der Waals surface area contributed by atoms with Crippen molar-refractivity contribution >= 4 is 5.91 Å². The average molecular weight is 187 g/mol. The third-order valence-corrected chi connectivity index (χ3v) is 1.88. The summed E-state index contributed by atoms with van der Waals surface area (Å²) in [5.41, 5.74) is 1.01. The van der Waals surface area contributed by atoms with Crippen molar-refractivity contribution in [2.75, 3.05) is 0 Å². The van der Waals surface area contributed by atoms with E-state index in [4.69, 9.17) is 0 Å². The Morgan fingerprint density at radius 1 is 1.29 bits per heavy atom. The van der Waals surface area contributed by atoms with Crippen LogP contribution >= 0.6 is 0 Å². The molecule has 72 valence electrons. The van der Waals surface area contributed by atoms with Crippen molar-refractivity contribution in [1.82, 2.24) is 5.32 Å². The van der Waals surface area contributed by atoms with E-state index in [9.17, 15) is 4.79 Å². The molecule has 0 saturated heterocycles. The fourth-order valence-electron chi connectivity index (χ4n) is 1.15. The summed E-state index contributed by atoms with van der Waals surface area (Å²) in [6.45, 7) is 7.07. The smallest absolute Gasteiger partial charge is 0.244 e. The third kappa shape index (κ3) is 2.59. The van der Waals surface area contributed by atoms with E-state index >= 15 is 0 Å². The standard InChI is InChI=1S/C12H13NO/c1-3-11(13-12(14)4-2)10-8-6-5-7-9-10/h3-9,11H,1-2H2,(H,13,14). The lowest BCUT2D eigenvalue weighted by atomic mass is 10.1. The van der Waals surface area contributed by atoms with E-state index < -0.39 is 0 Å². The highest BCUT2D eigenvalue weighted by atomic mass is 16.1. The number of benzene rings is 1. The highest BCUT2D eigenvalue weighted by Crippen LogP contribution is 2.12. The summed E-state index contributed by atoms with van der Waals surface area (Å²) in [5, 5.41) is 2.76. The Kier molecular flexibility index (Phi) is 3.68. The monoisotopic (exact) mass is 187 g/mol. The molecule has 2 heteroatoms. The molecular formula is C12H13NO. The molecule has 1 rings (SSSR count). The largest absolute Gasteiger partial charge is 0.342 e. The molecule has 0 fully saturated rings. The van der Waals surface area contributed by atoms with E-state index in [2.05, 4.69) is 18.5 Å². The van der Waals surface area contributed by atoms with Gasteiger partial charge in [-0.1, -0.05) is 43.0 Å². The van der Waals surface area contributed by atoms with Gasteiger partial charge in [0, 0.05) is 0 Å². The van der Waals surface area contributed by atoms with E-state index in [0.717, 1.165) is 5.56 Å². The lowest BCUT2D eigenvalue weighted by Crippen LogP contribution is -2.25. The van der Waals surface area contributed by atoms with Gasteiger partial charge in [0.25, 0.3) is 0 Å². The van der Waals surface area contributed by atoms with Crippen LogP contribution in [0.15, 0.2) is 55.6 Å². The predicted molar refractivity (Wildman–Crippen MR) is 57.7 cm³/mol. The fourth-order valence-corrected chi connectivity index (χ4v) is 1.15. The number of nitrogens with one attached hydrogen (secondary N) is 1. The summed E-state index contributed by atoms with van der Waals surface area (Å²) in [4.78, 5) is 11.1. The second-order valence-electron chi connectivity index (χ2n) is 2.84. The summed E-state index contributed by atoms with van der Waals surface area (Å²) in [6.07, 6.45) is 2.94. The Hall–Kier alpha value is -1.83. The number of hydrogen-bond donors (Lipinski definition) is 1. The highest BCUT2D eigenvalue weighted by molar-refractivity contribution is 5.87. The quantitative estimate of drug-likeness (QED) is 0.568. The first kappa shape index (κ1) is 10.3. The molecule has 1 aromatic carbocycles. The van der Waals surface area contributed by atoms with Crippen LogP contribution in [0.4, 0.5) is 0 Å².